The normalized spacial score (nSPS) is 14.4. The Labute approximate surface area is 154 Å². The minimum absolute atomic E-state index is 0.0684. The molecule has 3 rings (SSSR count). The van der Waals surface area contributed by atoms with E-state index >= 15 is 0 Å². The number of rotatable bonds is 6. The van der Waals surface area contributed by atoms with Crippen molar-refractivity contribution in [3.8, 4) is 11.5 Å². The van der Waals surface area contributed by atoms with E-state index in [-0.39, 0.29) is 12.5 Å². The van der Waals surface area contributed by atoms with Gasteiger partial charge in [0.15, 0.2) is 6.61 Å². The highest BCUT2D eigenvalue weighted by Gasteiger charge is 2.11. The van der Waals surface area contributed by atoms with Crippen molar-refractivity contribution >= 4 is 17.4 Å². The predicted molar refractivity (Wildman–Crippen MR) is 102 cm³/mol. The van der Waals surface area contributed by atoms with Crippen LogP contribution in [0.15, 0.2) is 42.6 Å². The zero-order valence-electron chi connectivity index (χ0n) is 15.1. The van der Waals surface area contributed by atoms with Crippen LogP contribution in [-0.4, -0.2) is 37.7 Å². The van der Waals surface area contributed by atoms with Gasteiger partial charge >= 0.3 is 0 Å². The van der Waals surface area contributed by atoms with Crippen LogP contribution in [-0.2, 0) is 4.79 Å². The quantitative estimate of drug-likeness (QED) is 0.859. The van der Waals surface area contributed by atoms with Gasteiger partial charge in [0.2, 0.25) is 0 Å². The molecule has 0 spiro atoms. The summed E-state index contributed by atoms with van der Waals surface area (Å²) in [6, 6.07) is 11.0. The van der Waals surface area contributed by atoms with Gasteiger partial charge < -0.3 is 19.7 Å². The van der Waals surface area contributed by atoms with E-state index in [1.807, 2.05) is 24.3 Å². The number of aromatic nitrogens is 1. The molecular weight excluding hydrogens is 330 g/mol. The van der Waals surface area contributed by atoms with Crippen molar-refractivity contribution in [3.05, 3.63) is 42.6 Å². The zero-order valence-corrected chi connectivity index (χ0v) is 15.1. The highest BCUT2D eigenvalue weighted by atomic mass is 16.5. The van der Waals surface area contributed by atoms with Gasteiger partial charge in [-0.3, -0.25) is 4.79 Å². The summed E-state index contributed by atoms with van der Waals surface area (Å²) in [5.41, 5.74) is 0.669. The van der Waals surface area contributed by atoms with Gasteiger partial charge in [-0.2, -0.15) is 0 Å². The molecule has 1 fully saturated rings. The Hall–Kier alpha value is -2.76. The molecule has 138 valence electrons. The van der Waals surface area contributed by atoms with Gasteiger partial charge in [0.1, 0.15) is 17.3 Å². The van der Waals surface area contributed by atoms with Crippen LogP contribution in [0.25, 0.3) is 0 Å². The molecule has 0 aliphatic carbocycles. The summed E-state index contributed by atoms with van der Waals surface area (Å²) in [5.74, 6) is 2.03. The third-order valence-corrected chi connectivity index (χ3v) is 4.37. The average molecular weight is 355 g/mol. The molecule has 0 saturated carbocycles. The monoisotopic (exact) mass is 355 g/mol. The van der Waals surface area contributed by atoms with Crippen LogP contribution in [0.4, 0.5) is 11.5 Å². The number of anilines is 2. The number of hydrogen-bond donors (Lipinski definition) is 1. The first-order valence-electron chi connectivity index (χ1n) is 9.02. The molecule has 1 saturated heterocycles. The minimum Gasteiger partial charge on any atom is -0.497 e. The van der Waals surface area contributed by atoms with Gasteiger partial charge in [-0.1, -0.05) is 18.9 Å². The van der Waals surface area contributed by atoms with Gasteiger partial charge in [0.25, 0.3) is 5.91 Å². The number of benzene rings is 1. The summed E-state index contributed by atoms with van der Waals surface area (Å²) in [6.07, 6.45) is 6.70. The number of carbonyl (C=O) groups is 1. The minimum atomic E-state index is -0.225. The maximum Gasteiger partial charge on any atom is 0.262 e. The van der Waals surface area contributed by atoms with Crippen molar-refractivity contribution in [2.75, 3.05) is 37.0 Å². The second kappa shape index (κ2) is 9.08. The topological polar surface area (TPSA) is 63.7 Å². The summed E-state index contributed by atoms with van der Waals surface area (Å²) in [4.78, 5) is 18.9. The van der Waals surface area contributed by atoms with Crippen LogP contribution in [0.2, 0.25) is 0 Å². The Morgan fingerprint density at radius 1 is 1.12 bits per heavy atom. The van der Waals surface area contributed by atoms with Crippen molar-refractivity contribution in [1.82, 2.24) is 4.98 Å². The van der Waals surface area contributed by atoms with Crippen molar-refractivity contribution in [2.24, 2.45) is 0 Å². The van der Waals surface area contributed by atoms with Crippen molar-refractivity contribution in [2.45, 2.75) is 25.7 Å². The maximum absolute atomic E-state index is 12.1. The molecule has 0 radical (unpaired) electrons. The standard InChI is InChI=1S/C20H25N3O3/c1-25-17-7-6-8-18(13-17)26-15-20(24)22-16-9-10-19(21-14-16)23-11-4-2-3-5-12-23/h6-10,13-14H,2-5,11-12,15H2,1H3,(H,22,24). The summed E-state index contributed by atoms with van der Waals surface area (Å²) in [6.45, 7) is 2.03. The molecule has 1 aliphatic heterocycles. The van der Waals surface area contributed by atoms with Gasteiger partial charge in [0.05, 0.1) is 19.0 Å². The fraction of sp³-hybridized carbons (Fsp3) is 0.400. The lowest BCUT2D eigenvalue weighted by Gasteiger charge is -2.21. The van der Waals surface area contributed by atoms with Crippen molar-refractivity contribution in [3.63, 3.8) is 0 Å². The number of pyridine rings is 1. The van der Waals surface area contributed by atoms with E-state index < -0.39 is 0 Å². The third-order valence-electron chi connectivity index (χ3n) is 4.37. The molecule has 0 unspecified atom stereocenters. The first kappa shape index (κ1) is 18.0. The van der Waals surface area contributed by atoms with E-state index in [0.717, 1.165) is 18.9 Å². The maximum atomic E-state index is 12.1. The van der Waals surface area contributed by atoms with Crippen molar-refractivity contribution in [1.29, 1.82) is 0 Å². The fourth-order valence-electron chi connectivity index (χ4n) is 2.98. The Balaban J connectivity index is 1.50. The molecule has 1 aromatic carbocycles. The van der Waals surface area contributed by atoms with E-state index in [1.54, 1.807) is 25.4 Å². The van der Waals surface area contributed by atoms with Crippen LogP contribution in [0.3, 0.4) is 0 Å². The lowest BCUT2D eigenvalue weighted by Crippen LogP contribution is -2.25. The molecule has 1 aromatic heterocycles. The van der Waals surface area contributed by atoms with E-state index in [0.29, 0.717) is 17.2 Å². The first-order chi connectivity index (χ1) is 12.7. The molecular formula is C20H25N3O3. The summed E-state index contributed by atoms with van der Waals surface area (Å²) < 4.78 is 10.6. The number of nitrogens with one attached hydrogen (secondary N) is 1. The number of hydrogen-bond acceptors (Lipinski definition) is 5. The second-order valence-corrected chi connectivity index (χ2v) is 6.32. The van der Waals surface area contributed by atoms with Crippen LogP contribution >= 0.6 is 0 Å². The molecule has 1 amide bonds. The van der Waals surface area contributed by atoms with Gasteiger partial charge in [-0.15, -0.1) is 0 Å². The smallest absolute Gasteiger partial charge is 0.262 e. The Bertz CT molecular complexity index is 710. The molecule has 1 N–H and O–H groups in total. The van der Waals surface area contributed by atoms with Gasteiger partial charge in [-0.25, -0.2) is 4.98 Å². The van der Waals surface area contributed by atoms with Crippen LogP contribution in [0.5, 0.6) is 11.5 Å². The largest absolute Gasteiger partial charge is 0.497 e. The summed E-state index contributed by atoms with van der Waals surface area (Å²) in [7, 11) is 1.59. The number of nitrogens with zero attached hydrogens (tertiary/aromatic N) is 2. The SMILES string of the molecule is COc1cccc(OCC(=O)Nc2ccc(N3CCCCCC3)nc2)c1. The Morgan fingerprint density at radius 3 is 2.58 bits per heavy atom. The second-order valence-electron chi connectivity index (χ2n) is 6.32. The number of carbonyl (C=O) groups excluding carboxylic acids is 1. The van der Waals surface area contributed by atoms with Crippen LogP contribution in [0.1, 0.15) is 25.7 Å². The highest BCUT2D eigenvalue weighted by molar-refractivity contribution is 5.91. The lowest BCUT2D eigenvalue weighted by atomic mass is 10.2. The van der Waals surface area contributed by atoms with E-state index in [4.69, 9.17) is 9.47 Å². The third kappa shape index (κ3) is 5.12. The van der Waals surface area contributed by atoms with Gasteiger partial charge in [-0.05, 0) is 37.1 Å². The van der Waals surface area contributed by atoms with Crippen molar-refractivity contribution < 1.29 is 14.3 Å². The van der Waals surface area contributed by atoms with E-state index in [9.17, 15) is 4.79 Å². The Kier molecular flexibility index (Phi) is 6.30. The van der Waals surface area contributed by atoms with E-state index in [1.165, 1.54) is 25.7 Å². The molecule has 0 atom stereocenters. The number of methoxy groups -OCH3 is 1. The predicted octanol–water partition coefficient (Wildman–Crippen LogP) is 3.49. The molecule has 2 aromatic rings. The first-order valence-corrected chi connectivity index (χ1v) is 9.02. The molecule has 26 heavy (non-hydrogen) atoms. The van der Waals surface area contributed by atoms with Gasteiger partial charge in [0, 0.05) is 19.2 Å². The van der Waals surface area contributed by atoms with Crippen LogP contribution in [0, 0.1) is 0 Å². The summed E-state index contributed by atoms with van der Waals surface area (Å²) >= 11 is 0. The average Bonchev–Trinajstić information content (AvgIpc) is 2.97. The zero-order chi connectivity index (χ0) is 18.2. The number of amides is 1. The highest BCUT2D eigenvalue weighted by Crippen LogP contribution is 2.20. The molecule has 1 aliphatic rings. The number of ether oxygens (including phenoxy) is 2. The fourth-order valence-corrected chi connectivity index (χ4v) is 2.98. The summed E-state index contributed by atoms with van der Waals surface area (Å²) in [5, 5.41) is 2.81. The lowest BCUT2D eigenvalue weighted by molar-refractivity contribution is -0.118. The Morgan fingerprint density at radius 2 is 1.88 bits per heavy atom. The molecule has 6 heteroatoms. The molecule has 2 heterocycles. The molecule has 0 bridgehead atoms. The van der Waals surface area contributed by atoms with Crippen LogP contribution < -0.4 is 19.7 Å². The van der Waals surface area contributed by atoms with E-state index in [2.05, 4.69) is 15.2 Å². The molecule has 6 nitrogen and oxygen atoms in total.